The fourth-order valence-corrected chi connectivity index (χ4v) is 2.08. The Balaban J connectivity index is 2.14. The highest BCUT2D eigenvalue weighted by Gasteiger charge is 2.53. The molecule has 12 heavy (non-hydrogen) atoms. The third kappa shape index (κ3) is 0.992. The van der Waals surface area contributed by atoms with Crippen LogP contribution in [-0.2, 0) is 14.2 Å². The van der Waals surface area contributed by atoms with E-state index < -0.39 is 0 Å². The number of hydrogen-bond donors (Lipinski definition) is 1. The van der Waals surface area contributed by atoms with Crippen LogP contribution in [0, 0.1) is 5.92 Å². The third-order valence-corrected chi connectivity index (χ3v) is 2.95. The largest absolute Gasteiger partial charge is 0.378 e. The molecule has 0 aromatic rings. The third-order valence-electron chi connectivity index (χ3n) is 2.95. The van der Waals surface area contributed by atoms with Gasteiger partial charge in [0.25, 0.3) is 0 Å². The van der Waals surface area contributed by atoms with Crippen molar-refractivity contribution in [3.8, 4) is 0 Å². The van der Waals surface area contributed by atoms with Gasteiger partial charge in [-0.3, -0.25) is 0 Å². The Morgan fingerprint density at radius 2 is 2.42 bits per heavy atom. The minimum Gasteiger partial charge on any atom is -0.378 e. The van der Waals surface area contributed by atoms with Crippen LogP contribution in [-0.4, -0.2) is 45.2 Å². The molecule has 2 N–H and O–H groups in total. The van der Waals surface area contributed by atoms with Crippen molar-refractivity contribution < 1.29 is 14.2 Å². The van der Waals surface area contributed by atoms with Crippen molar-refractivity contribution in [1.82, 2.24) is 0 Å². The Labute approximate surface area is 72.0 Å². The van der Waals surface area contributed by atoms with E-state index in [2.05, 4.69) is 0 Å². The number of methoxy groups -OCH3 is 1. The standard InChI is InChI=1S/C8H15NO3/c1-10-8-4-11-3-6(8)7(2-9)12-5-8/h6-7H,2-5,9H2,1H3. The average Bonchev–Trinajstić information content (AvgIpc) is 2.61. The van der Waals surface area contributed by atoms with Crippen LogP contribution in [0.3, 0.4) is 0 Å². The highest BCUT2D eigenvalue weighted by atomic mass is 16.6. The molecule has 2 rings (SSSR count). The van der Waals surface area contributed by atoms with Gasteiger partial charge in [-0.15, -0.1) is 0 Å². The number of hydrogen-bond acceptors (Lipinski definition) is 4. The van der Waals surface area contributed by atoms with Gasteiger partial charge in [-0.25, -0.2) is 0 Å². The smallest absolute Gasteiger partial charge is 0.122 e. The van der Waals surface area contributed by atoms with Crippen LogP contribution in [0.1, 0.15) is 0 Å². The van der Waals surface area contributed by atoms with E-state index in [4.69, 9.17) is 19.9 Å². The minimum absolute atomic E-state index is 0.118. The van der Waals surface area contributed by atoms with Crippen LogP contribution in [0.4, 0.5) is 0 Å². The lowest BCUT2D eigenvalue weighted by Crippen LogP contribution is -2.41. The summed E-state index contributed by atoms with van der Waals surface area (Å²) in [5.74, 6) is 0.326. The normalized spacial score (nSPS) is 46.5. The van der Waals surface area contributed by atoms with E-state index in [0.717, 1.165) is 6.61 Å². The zero-order valence-electron chi connectivity index (χ0n) is 7.29. The molecule has 0 amide bonds. The molecule has 0 bridgehead atoms. The number of ether oxygens (including phenoxy) is 3. The molecule has 3 atom stereocenters. The first-order valence-electron chi connectivity index (χ1n) is 4.27. The Hall–Kier alpha value is -0.160. The SMILES string of the molecule is COC12COCC1C(CN)OC2. The van der Waals surface area contributed by atoms with Crippen LogP contribution in [0.5, 0.6) is 0 Å². The summed E-state index contributed by atoms with van der Waals surface area (Å²) in [6, 6.07) is 0. The molecule has 2 aliphatic rings. The molecule has 0 radical (unpaired) electrons. The van der Waals surface area contributed by atoms with Crippen molar-refractivity contribution in [1.29, 1.82) is 0 Å². The topological polar surface area (TPSA) is 53.7 Å². The second kappa shape index (κ2) is 2.96. The quantitative estimate of drug-likeness (QED) is 0.604. The molecule has 0 aromatic heterocycles. The van der Waals surface area contributed by atoms with E-state index in [1.807, 2.05) is 0 Å². The first kappa shape index (κ1) is 8.44. The summed E-state index contributed by atoms with van der Waals surface area (Å²) in [6.07, 6.45) is 0.118. The molecular formula is C8H15NO3. The maximum absolute atomic E-state index is 5.57. The first-order valence-corrected chi connectivity index (χ1v) is 4.27. The van der Waals surface area contributed by atoms with Crippen LogP contribution in [0.15, 0.2) is 0 Å². The Bertz CT molecular complexity index is 176. The van der Waals surface area contributed by atoms with Gasteiger partial charge in [-0.2, -0.15) is 0 Å². The fourth-order valence-electron chi connectivity index (χ4n) is 2.08. The molecule has 4 heteroatoms. The lowest BCUT2D eigenvalue weighted by molar-refractivity contribution is -0.0405. The minimum atomic E-state index is -0.204. The molecule has 0 saturated carbocycles. The van der Waals surface area contributed by atoms with Gasteiger partial charge in [0.05, 0.1) is 25.9 Å². The monoisotopic (exact) mass is 173 g/mol. The van der Waals surface area contributed by atoms with E-state index >= 15 is 0 Å². The van der Waals surface area contributed by atoms with Gasteiger partial charge in [0.1, 0.15) is 5.60 Å². The van der Waals surface area contributed by atoms with Crippen LogP contribution >= 0.6 is 0 Å². The highest BCUT2D eigenvalue weighted by molar-refractivity contribution is 5.01. The Morgan fingerprint density at radius 3 is 3.08 bits per heavy atom. The summed E-state index contributed by atoms with van der Waals surface area (Å²) >= 11 is 0. The molecular weight excluding hydrogens is 158 g/mol. The summed E-state index contributed by atoms with van der Waals surface area (Å²) in [7, 11) is 1.71. The Kier molecular flexibility index (Phi) is 2.08. The number of fused-ring (bicyclic) bond motifs is 1. The second-order valence-electron chi connectivity index (χ2n) is 3.48. The van der Waals surface area contributed by atoms with Crippen LogP contribution in [0.25, 0.3) is 0 Å². The van der Waals surface area contributed by atoms with Crippen LogP contribution in [0.2, 0.25) is 0 Å². The van der Waals surface area contributed by atoms with E-state index in [1.165, 1.54) is 0 Å². The van der Waals surface area contributed by atoms with Gasteiger partial charge in [0.2, 0.25) is 0 Å². The van der Waals surface area contributed by atoms with Gasteiger partial charge >= 0.3 is 0 Å². The van der Waals surface area contributed by atoms with Gasteiger partial charge < -0.3 is 19.9 Å². The van der Waals surface area contributed by atoms with Crippen molar-refractivity contribution in [3.05, 3.63) is 0 Å². The first-order chi connectivity index (χ1) is 5.82. The maximum atomic E-state index is 5.57. The second-order valence-corrected chi connectivity index (χ2v) is 3.48. The molecule has 2 heterocycles. The average molecular weight is 173 g/mol. The van der Waals surface area contributed by atoms with Crippen molar-refractivity contribution >= 4 is 0 Å². The summed E-state index contributed by atoms with van der Waals surface area (Å²) in [4.78, 5) is 0. The maximum Gasteiger partial charge on any atom is 0.122 e. The van der Waals surface area contributed by atoms with E-state index in [9.17, 15) is 0 Å². The van der Waals surface area contributed by atoms with Crippen molar-refractivity contribution in [2.45, 2.75) is 11.7 Å². The lowest BCUT2D eigenvalue weighted by Gasteiger charge is -2.24. The van der Waals surface area contributed by atoms with Crippen LogP contribution < -0.4 is 5.73 Å². The van der Waals surface area contributed by atoms with Crippen molar-refractivity contribution in [3.63, 3.8) is 0 Å². The van der Waals surface area contributed by atoms with Crippen molar-refractivity contribution in [2.75, 3.05) is 33.5 Å². The summed E-state index contributed by atoms with van der Waals surface area (Å²) in [5, 5.41) is 0. The van der Waals surface area contributed by atoms with E-state index in [0.29, 0.717) is 25.7 Å². The number of nitrogens with two attached hydrogens (primary N) is 1. The van der Waals surface area contributed by atoms with Gasteiger partial charge in [0.15, 0.2) is 0 Å². The zero-order chi connectivity index (χ0) is 8.60. The predicted molar refractivity (Wildman–Crippen MR) is 42.8 cm³/mol. The molecule has 70 valence electrons. The van der Waals surface area contributed by atoms with Gasteiger partial charge in [-0.1, -0.05) is 0 Å². The summed E-state index contributed by atoms with van der Waals surface area (Å²) in [5.41, 5.74) is 5.36. The molecule has 2 fully saturated rings. The fraction of sp³-hybridized carbons (Fsp3) is 1.00. The molecule has 0 aliphatic carbocycles. The zero-order valence-corrected chi connectivity index (χ0v) is 7.29. The van der Waals surface area contributed by atoms with E-state index in [-0.39, 0.29) is 11.7 Å². The molecule has 0 spiro atoms. The Morgan fingerprint density at radius 1 is 1.58 bits per heavy atom. The van der Waals surface area contributed by atoms with Crippen molar-refractivity contribution in [2.24, 2.45) is 11.7 Å². The molecule has 2 aliphatic heterocycles. The molecule has 3 unspecified atom stereocenters. The van der Waals surface area contributed by atoms with Gasteiger partial charge in [0, 0.05) is 19.6 Å². The highest BCUT2D eigenvalue weighted by Crippen LogP contribution is 2.38. The summed E-state index contributed by atoms with van der Waals surface area (Å²) in [6.45, 7) is 2.54. The summed E-state index contributed by atoms with van der Waals surface area (Å²) < 4.78 is 16.4. The van der Waals surface area contributed by atoms with Gasteiger partial charge in [-0.05, 0) is 0 Å². The lowest BCUT2D eigenvalue weighted by atomic mass is 9.90. The molecule has 4 nitrogen and oxygen atoms in total. The molecule has 0 aromatic carbocycles. The number of rotatable bonds is 2. The van der Waals surface area contributed by atoms with E-state index in [1.54, 1.807) is 7.11 Å². The predicted octanol–water partition coefficient (Wildman–Crippen LogP) is -0.624. The molecule has 2 saturated heterocycles.